The molecule has 4 atom stereocenters. The Labute approximate surface area is 221 Å². The van der Waals surface area contributed by atoms with E-state index in [0.717, 1.165) is 82.2 Å². The minimum absolute atomic E-state index is 0.111. The van der Waals surface area contributed by atoms with Gasteiger partial charge in [0.2, 0.25) is 0 Å². The van der Waals surface area contributed by atoms with Gasteiger partial charge in [-0.05, 0) is 93.0 Å². The molecule has 0 bridgehead atoms. The van der Waals surface area contributed by atoms with Gasteiger partial charge in [-0.15, -0.1) is 0 Å². The summed E-state index contributed by atoms with van der Waals surface area (Å²) in [6.45, 7) is 4.33. The Bertz CT molecular complexity index is 940. The second kappa shape index (κ2) is 13.4. The third-order valence-corrected chi connectivity index (χ3v) is 8.54. The summed E-state index contributed by atoms with van der Waals surface area (Å²) in [4.78, 5) is 39.3. The zero-order chi connectivity index (χ0) is 26.2. The molecule has 0 spiro atoms. The summed E-state index contributed by atoms with van der Waals surface area (Å²) in [6.07, 6.45) is 9.81. The quantitative estimate of drug-likeness (QED) is 0.283. The van der Waals surface area contributed by atoms with Gasteiger partial charge in [0.05, 0.1) is 13.7 Å². The minimum Gasteiger partial charge on any atom is -0.482 e. The molecular formula is C30H43NO6. The van der Waals surface area contributed by atoms with Crippen molar-refractivity contribution in [3.05, 3.63) is 29.3 Å². The van der Waals surface area contributed by atoms with Crippen LogP contribution < -0.4 is 4.74 Å². The molecule has 1 aromatic carbocycles. The Morgan fingerprint density at radius 3 is 2.59 bits per heavy atom. The average Bonchev–Trinajstić information content (AvgIpc) is 3.51. The molecule has 1 aromatic rings. The monoisotopic (exact) mass is 513 g/mol. The summed E-state index contributed by atoms with van der Waals surface area (Å²) in [5, 5.41) is 0. The number of ketones is 1. The lowest BCUT2D eigenvalue weighted by Crippen LogP contribution is -2.33. The molecule has 204 valence electrons. The highest BCUT2D eigenvalue weighted by Gasteiger charge is 2.47. The van der Waals surface area contributed by atoms with Gasteiger partial charge in [-0.3, -0.25) is 14.5 Å². The third-order valence-electron chi connectivity index (χ3n) is 8.54. The number of benzene rings is 1. The van der Waals surface area contributed by atoms with E-state index in [0.29, 0.717) is 37.0 Å². The number of unbranched alkanes of at least 4 members (excludes halogenated alkanes) is 2. The maximum absolute atomic E-state index is 12.9. The van der Waals surface area contributed by atoms with Crippen LogP contribution in [0.3, 0.4) is 0 Å². The van der Waals surface area contributed by atoms with Crippen LogP contribution in [0.2, 0.25) is 0 Å². The predicted octanol–water partition coefficient (Wildman–Crippen LogP) is 4.53. The number of methoxy groups -OCH3 is 1. The second-order valence-corrected chi connectivity index (χ2v) is 11.0. The molecule has 1 saturated carbocycles. The molecule has 7 nitrogen and oxygen atoms in total. The Morgan fingerprint density at radius 2 is 1.84 bits per heavy atom. The van der Waals surface area contributed by atoms with Crippen LogP contribution in [0.15, 0.2) is 18.2 Å². The van der Waals surface area contributed by atoms with E-state index in [2.05, 4.69) is 17.9 Å². The third kappa shape index (κ3) is 7.34. The second-order valence-electron chi connectivity index (χ2n) is 11.0. The van der Waals surface area contributed by atoms with Crippen LogP contribution >= 0.6 is 0 Å². The van der Waals surface area contributed by atoms with Crippen molar-refractivity contribution in [3.8, 4) is 5.75 Å². The molecule has 37 heavy (non-hydrogen) atoms. The van der Waals surface area contributed by atoms with Gasteiger partial charge in [-0.25, -0.2) is 4.79 Å². The number of Topliss-reactive ketones (excluding diaryl/α,β-unsaturated/α-hetero) is 1. The highest BCUT2D eigenvalue weighted by Crippen LogP contribution is 2.49. The van der Waals surface area contributed by atoms with Gasteiger partial charge >= 0.3 is 11.9 Å². The highest BCUT2D eigenvalue weighted by molar-refractivity contribution is 5.78. The van der Waals surface area contributed by atoms with Crippen molar-refractivity contribution in [2.75, 3.05) is 33.4 Å². The number of carbonyl (C=O) groups excluding carboxylic acids is 3. The molecule has 0 radical (unpaired) electrons. The molecule has 1 aliphatic heterocycles. The smallest absolute Gasteiger partial charge is 0.343 e. The molecule has 3 aliphatic rings. The van der Waals surface area contributed by atoms with E-state index in [4.69, 9.17) is 14.2 Å². The molecule has 0 unspecified atom stereocenters. The fraction of sp³-hybridized carbons (Fsp3) is 0.700. The van der Waals surface area contributed by atoms with E-state index in [1.165, 1.54) is 12.7 Å². The van der Waals surface area contributed by atoms with E-state index in [9.17, 15) is 14.4 Å². The van der Waals surface area contributed by atoms with E-state index < -0.39 is 5.97 Å². The molecule has 7 heteroatoms. The standard InChI is InChI=1S/C30H43NO6/c1-3-4-5-10-23(32)12-13-24-25-16-21-9-8-11-27(36-20-30(34)35-2)26(21)17-22(25)18-28(24)37-29(33)19-31-14-6-7-15-31/h8-9,11,22,24-25,28H,3-7,10,12-20H2,1-2H3/t22-,24+,25-,28+/m0/s1. The number of carbonyl (C=O) groups is 3. The van der Waals surface area contributed by atoms with Gasteiger partial charge in [0, 0.05) is 12.8 Å². The first-order valence-electron chi connectivity index (χ1n) is 14.2. The maximum Gasteiger partial charge on any atom is 0.343 e. The van der Waals surface area contributed by atoms with E-state index in [-0.39, 0.29) is 24.6 Å². The summed E-state index contributed by atoms with van der Waals surface area (Å²) < 4.78 is 16.7. The van der Waals surface area contributed by atoms with Gasteiger partial charge in [0.15, 0.2) is 6.61 Å². The van der Waals surface area contributed by atoms with Crippen molar-refractivity contribution in [1.29, 1.82) is 0 Å². The van der Waals surface area contributed by atoms with Gasteiger partial charge in [0.25, 0.3) is 0 Å². The number of nitrogens with zero attached hydrogens (tertiary/aromatic N) is 1. The molecular weight excluding hydrogens is 470 g/mol. The van der Waals surface area contributed by atoms with Crippen LogP contribution in [0, 0.1) is 17.8 Å². The molecule has 0 amide bonds. The Morgan fingerprint density at radius 1 is 1.03 bits per heavy atom. The molecule has 0 aromatic heterocycles. The van der Waals surface area contributed by atoms with Crippen LogP contribution in [0.5, 0.6) is 5.75 Å². The van der Waals surface area contributed by atoms with E-state index in [1.807, 2.05) is 12.1 Å². The van der Waals surface area contributed by atoms with Crippen molar-refractivity contribution in [3.63, 3.8) is 0 Å². The normalized spacial score (nSPS) is 24.8. The van der Waals surface area contributed by atoms with Gasteiger partial charge < -0.3 is 14.2 Å². The van der Waals surface area contributed by atoms with Gasteiger partial charge in [-0.1, -0.05) is 31.9 Å². The summed E-state index contributed by atoms with van der Waals surface area (Å²) in [5.41, 5.74) is 2.37. The van der Waals surface area contributed by atoms with Crippen LogP contribution in [-0.4, -0.2) is 62.1 Å². The fourth-order valence-electron chi connectivity index (χ4n) is 6.60. The fourth-order valence-corrected chi connectivity index (χ4v) is 6.60. The van der Waals surface area contributed by atoms with Crippen LogP contribution in [-0.2, 0) is 36.7 Å². The number of esters is 2. The lowest BCUT2D eigenvalue weighted by molar-refractivity contribution is -0.152. The first-order chi connectivity index (χ1) is 18.0. The maximum atomic E-state index is 12.9. The summed E-state index contributed by atoms with van der Waals surface area (Å²) in [6, 6.07) is 6.02. The number of fused-ring (bicyclic) bond motifs is 2. The number of rotatable bonds is 13. The molecule has 0 N–H and O–H groups in total. The average molecular weight is 514 g/mol. The van der Waals surface area contributed by atoms with E-state index in [1.54, 1.807) is 0 Å². The minimum atomic E-state index is -0.402. The zero-order valence-corrected chi connectivity index (χ0v) is 22.5. The zero-order valence-electron chi connectivity index (χ0n) is 22.5. The van der Waals surface area contributed by atoms with Crippen molar-refractivity contribution in [2.24, 2.45) is 17.8 Å². The van der Waals surface area contributed by atoms with Gasteiger partial charge in [0.1, 0.15) is 17.6 Å². The number of likely N-dealkylation sites (tertiary alicyclic amines) is 1. The van der Waals surface area contributed by atoms with Crippen LogP contribution in [0.25, 0.3) is 0 Å². The van der Waals surface area contributed by atoms with Crippen molar-refractivity contribution in [1.82, 2.24) is 4.90 Å². The lowest BCUT2D eigenvalue weighted by atomic mass is 9.73. The van der Waals surface area contributed by atoms with Crippen molar-refractivity contribution >= 4 is 17.7 Å². The van der Waals surface area contributed by atoms with Gasteiger partial charge in [-0.2, -0.15) is 0 Å². The predicted molar refractivity (Wildman–Crippen MR) is 140 cm³/mol. The first-order valence-corrected chi connectivity index (χ1v) is 14.2. The lowest BCUT2D eigenvalue weighted by Gasteiger charge is -2.32. The van der Waals surface area contributed by atoms with Crippen molar-refractivity contribution < 1.29 is 28.6 Å². The number of hydrogen-bond donors (Lipinski definition) is 0. The van der Waals surface area contributed by atoms with Crippen molar-refractivity contribution in [2.45, 2.75) is 83.7 Å². The molecule has 2 aliphatic carbocycles. The number of ether oxygens (including phenoxy) is 3. The molecule has 4 rings (SSSR count). The Hall–Kier alpha value is -2.41. The van der Waals surface area contributed by atoms with E-state index >= 15 is 0 Å². The molecule has 2 fully saturated rings. The highest BCUT2D eigenvalue weighted by atomic mass is 16.6. The molecule has 1 heterocycles. The Kier molecular flexibility index (Phi) is 10.0. The Balaban J connectivity index is 1.45. The first kappa shape index (κ1) is 27.6. The molecule has 1 saturated heterocycles. The topological polar surface area (TPSA) is 82.1 Å². The summed E-state index contributed by atoms with van der Waals surface area (Å²) in [5.74, 6) is 1.45. The number of hydrogen-bond acceptors (Lipinski definition) is 7. The summed E-state index contributed by atoms with van der Waals surface area (Å²) >= 11 is 0. The largest absolute Gasteiger partial charge is 0.482 e. The SMILES string of the molecule is CCCCCC(=O)CC[C@@H]1[C@H]2Cc3cccc(OCC(=O)OC)c3C[C@H]2C[C@H]1OC(=O)CN1CCCC1. The van der Waals surface area contributed by atoms with Crippen LogP contribution in [0.1, 0.15) is 75.8 Å². The van der Waals surface area contributed by atoms with Crippen LogP contribution in [0.4, 0.5) is 0 Å². The summed E-state index contributed by atoms with van der Waals surface area (Å²) in [7, 11) is 1.36.